The Morgan fingerprint density at radius 3 is 2.54 bits per heavy atom. The molecular weight excluding hydrogens is 336 g/mol. The summed E-state index contributed by atoms with van der Waals surface area (Å²) in [6.45, 7) is 7.57. The summed E-state index contributed by atoms with van der Waals surface area (Å²) in [5, 5.41) is 15.2. The van der Waals surface area contributed by atoms with Crippen LogP contribution in [0, 0.1) is 17.0 Å². The molecule has 1 aromatic carbocycles. The van der Waals surface area contributed by atoms with Crippen molar-refractivity contribution in [2.75, 3.05) is 13.1 Å². The number of hydrogen-bond acceptors (Lipinski definition) is 5. The van der Waals surface area contributed by atoms with E-state index in [2.05, 4.69) is 15.0 Å². The van der Waals surface area contributed by atoms with Gasteiger partial charge in [0.05, 0.1) is 11.2 Å². The predicted molar refractivity (Wildman–Crippen MR) is 92.3 cm³/mol. The SMILES string of the molecule is CCN(CC)/C(N)=N/c1nc(C)c2cc(Cl)ccc2n1.O=[N+]([O-])O. The molecule has 0 unspecified atom stereocenters. The Hall–Kier alpha value is -2.68. The van der Waals surface area contributed by atoms with Crippen LogP contribution in [0.4, 0.5) is 5.95 Å². The number of aromatic nitrogens is 2. The fraction of sp³-hybridized carbons (Fsp3) is 0.357. The molecule has 1 heterocycles. The van der Waals surface area contributed by atoms with Crippen LogP contribution in [0.2, 0.25) is 5.02 Å². The smallest absolute Gasteiger partial charge is 0.291 e. The van der Waals surface area contributed by atoms with Gasteiger partial charge < -0.3 is 15.8 Å². The Morgan fingerprint density at radius 2 is 2.00 bits per heavy atom. The number of guanidine groups is 1. The lowest BCUT2D eigenvalue weighted by molar-refractivity contribution is -0.742. The number of halogens is 1. The fourth-order valence-corrected chi connectivity index (χ4v) is 2.18. The van der Waals surface area contributed by atoms with Gasteiger partial charge in [0.25, 0.3) is 11.0 Å². The molecule has 1 aromatic heterocycles. The number of aliphatic imine (C=N–C) groups is 1. The second-order valence-corrected chi connectivity index (χ2v) is 5.09. The Balaban J connectivity index is 0.000000648. The molecule has 10 heteroatoms. The number of benzene rings is 1. The molecular formula is C14H19ClN6O3. The maximum atomic E-state index is 8.36. The summed E-state index contributed by atoms with van der Waals surface area (Å²) < 4.78 is 0. The molecule has 0 amide bonds. The van der Waals surface area contributed by atoms with E-state index in [1.54, 1.807) is 6.07 Å². The monoisotopic (exact) mass is 354 g/mol. The first kappa shape index (κ1) is 19.4. The molecule has 0 aliphatic heterocycles. The van der Waals surface area contributed by atoms with Gasteiger partial charge in [0.1, 0.15) is 0 Å². The minimum Gasteiger partial charge on any atom is -0.369 e. The second-order valence-electron chi connectivity index (χ2n) is 4.65. The number of nitrogens with two attached hydrogens (primary N) is 1. The lowest BCUT2D eigenvalue weighted by Gasteiger charge is -2.18. The van der Waals surface area contributed by atoms with Crippen molar-refractivity contribution in [3.8, 4) is 0 Å². The van der Waals surface area contributed by atoms with Crippen LogP contribution in [0.5, 0.6) is 0 Å². The maximum Gasteiger partial charge on any atom is 0.291 e. The van der Waals surface area contributed by atoms with Crippen LogP contribution < -0.4 is 5.73 Å². The number of hydrogen-bond donors (Lipinski definition) is 2. The Bertz CT molecular complexity index is 745. The van der Waals surface area contributed by atoms with Gasteiger partial charge in [-0.3, -0.25) is 0 Å². The second kappa shape index (κ2) is 8.82. The van der Waals surface area contributed by atoms with Crippen LogP contribution in [-0.4, -0.2) is 44.2 Å². The average molecular weight is 355 g/mol. The van der Waals surface area contributed by atoms with Crippen LogP contribution in [0.3, 0.4) is 0 Å². The molecule has 0 bridgehead atoms. The minimum absolute atomic E-state index is 0.377. The van der Waals surface area contributed by atoms with Crippen LogP contribution in [0.1, 0.15) is 19.5 Å². The first-order chi connectivity index (χ1) is 11.3. The zero-order valence-corrected chi connectivity index (χ0v) is 14.4. The van der Waals surface area contributed by atoms with Crippen molar-refractivity contribution in [3.63, 3.8) is 0 Å². The molecule has 0 aliphatic rings. The molecule has 0 atom stereocenters. The lowest BCUT2D eigenvalue weighted by Crippen LogP contribution is -2.36. The van der Waals surface area contributed by atoms with Gasteiger partial charge in [-0.25, -0.2) is 9.97 Å². The van der Waals surface area contributed by atoms with E-state index in [0.717, 1.165) is 29.7 Å². The summed E-state index contributed by atoms with van der Waals surface area (Å²) >= 11 is 5.98. The average Bonchev–Trinajstić information content (AvgIpc) is 2.49. The molecule has 2 aromatic rings. The van der Waals surface area contributed by atoms with Crippen LogP contribution in [0.15, 0.2) is 23.2 Å². The van der Waals surface area contributed by atoms with E-state index in [1.807, 2.05) is 37.8 Å². The summed E-state index contributed by atoms with van der Waals surface area (Å²) in [4.78, 5) is 23.4. The molecule has 0 aliphatic carbocycles. The summed E-state index contributed by atoms with van der Waals surface area (Å²) in [6, 6.07) is 5.52. The number of fused-ring (bicyclic) bond motifs is 1. The van der Waals surface area contributed by atoms with E-state index in [0.29, 0.717) is 16.9 Å². The van der Waals surface area contributed by atoms with Crippen molar-refractivity contribution in [2.45, 2.75) is 20.8 Å². The van der Waals surface area contributed by atoms with Gasteiger partial charge in [0, 0.05) is 23.5 Å². The highest BCUT2D eigenvalue weighted by Gasteiger charge is 2.07. The lowest BCUT2D eigenvalue weighted by atomic mass is 10.2. The van der Waals surface area contributed by atoms with E-state index >= 15 is 0 Å². The van der Waals surface area contributed by atoms with Gasteiger partial charge in [-0.1, -0.05) is 11.6 Å². The molecule has 0 spiro atoms. The topological polar surface area (TPSA) is 131 Å². The molecule has 9 nitrogen and oxygen atoms in total. The van der Waals surface area contributed by atoms with E-state index < -0.39 is 5.09 Å². The van der Waals surface area contributed by atoms with Crippen molar-refractivity contribution in [1.29, 1.82) is 0 Å². The van der Waals surface area contributed by atoms with Gasteiger partial charge in [-0.15, -0.1) is 10.1 Å². The minimum atomic E-state index is -1.50. The fourth-order valence-electron chi connectivity index (χ4n) is 2.01. The third kappa shape index (κ3) is 5.51. The van der Waals surface area contributed by atoms with Gasteiger partial charge in [0.15, 0.2) is 5.96 Å². The number of rotatable bonds is 3. The molecule has 0 radical (unpaired) electrons. The zero-order chi connectivity index (χ0) is 18.3. The third-order valence-corrected chi connectivity index (χ3v) is 3.37. The summed E-state index contributed by atoms with van der Waals surface area (Å²) in [5.74, 6) is 0.810. The molecule has 130 valence electrons. The normalized spacial score (nSPS) is 10.9. The highest BCUT2D eigenvalue weighted by atomic mass is 35.5. The maximum absolute atomic E-state index is 8.36. The summed E-state index contributed by atoms with van der Waals surface area (Å²) in [7, 11) is 0. The molecule has 3 N–H and O–H groups in total. The Kier molecular flexibility index (Phi) is 7.12. The van der Waals surface area contributed by atoms with Crippen LogP contribution in [-0.2, 0) is 0 Å². The summed E-state index contributed by atoms with van der Waals surface area (Å²) in [6.07, 6.45) is 0. The van der Waals surface area contributed by atoms with Crippen molar-refractivity contribution >= 4 is 34.4 Å². The Morgan fingerprint density at radius 1 is 1.42 bits per heavy atom. The van der Waals surface area contributed by atoms with Gasteiger partial charge in [0.2, 0.25) is 0 Å². The standard InChI is InChI=1S/C14H18ClN5.HNO3/c1-4-20(5-2)13(16)19-14-17-9(3)11-8-10(15)6-7-12(11)18-14;2-1(3)4/h6-8H,4-5H2,1-3H3,(H2,16,17,18,19);(H,2,3,4). The van der Waals surface area contributed by atoms with E-state index in [4.69, 9.17) is 32.7 Å². The van der Waals surface area contributed by atoms with Crippen molar-refractivity contribution in [2.24, 2.45) is 10.7 Å². The molecule has 24 heavy (non-hydrogen) atoms. The van der Waals surface area contributed by atoms with Crippen molar-refractivity contribution in [1.82, 2.24) is 14.9 Å². The molecule has 2 rings (SSSR count). The third-order valence-electron chi connectivity index (χ3n) is 3.14. The highest BCUT2D eigenvalue weighted by Crippen LogP contribution is 2.22. The molecule has 0 fully saturated rings. The molecule has 0 saturated carbocycles. The first-order valence-electron chi connectivity index (χ1n) is 7.14. The number of aryl methyl sites for hydroxylation is 1. The molecule has 0 saturated heterocycles. The van der Waals surface area contributed by atoms with Gasteiger partial charge in [-0.05, 0) is 39.0 Å². The quantitative estimate of drug-likeness (QED) is 0.374. The first-order valence-corrected chi connectivity index (χ1v) is 7.52. The van der Waals surface area contributed by atoms with E-state index in [-0.39, 0.29) is 0 Å². The summed E-state index contributed by atoms with van der Waals surface area (Å²) in [5.41, 5.74) is 7.61. The van der Waals surface area contributed by atoms with Gasteiger partial charge in [-0.2, -0.15) is 4.99 Å². The predicted octanol–water partition coefficient (Wildman–Crippen LogP) is 2.53. The van der Waals surface area contributed by atoms with Crippen molar-refractivity contribution < 1.29 is 10.3 Å². The van der Waals surface area contributed by atoms with Crippen LogP contribution in [0.25, 0.3) is 10.9 Å². The number of nitrogens with zero attached hydrogens (tertiary/aromatic N) is 5. The highest BCUT2D eigenvalue weighted by molar-refractivity contribution is 6.31. The van der Waals surface area contributed by atoms with Crippen molar-refractivity contribution in [3.05, 3.63) is 39.0 Å². The van der Waals surface area contributed by atoms with Crippen LogP contribution >= 0.6 is 11.6 Å². The van der Waals surface area contributed by atoms with E-state index in [1.165, 1.54) is 0 Å². The van der Waals surface area contributed by atoms with Gasteiger partial charge >= 0.3 is 0 Å². The largest absolute Gasteiger partial charge is 0.369 e. The Labute approximate surface area is 143 Å². The van der Waals surface area contributed by atoms with E-state index in [9.17, 15) is 0 Å². The zero-order valence-electron chi connectivity index (χ0n) is 13.6.